The monoisotopic (exact) mass is 244 g/mol. The van der Waals surface area contributed by atoms with Gasteiger partial charge in [0.2, 0.25) is 0 Å². The highest BCUT2D eigenvalue weighted by Crippen LogP contribution is 2.44. The second kappa shape index (κ2) is 4.59. The Balaban J connectivity index is 1.98. The van der Waals surface area contributed by atoms with Crippen molar-refractivity contribution in [3.8, 4) is 10.6 Å². The molecule has 1 aromatic heterocycles. The van der Waals surface area contributed by atoms with Crippen LogP contribution in [0.2, 0.25) is 0 Å². The summed E-state index contributed by atoms with van der Waals surface area (Å²) in [7, 11) is 2.00. The number of aromatic nitrogens is 1. The highest BCUT2D eigenvalue weighted by molar-refractivity contribution is 7.15. The summed E-state index contributed by atoms with van der Waals surface area (Å²) in [5.41, 5.74) is 2.57. The second-order valence-corrected chi connectivity index (χ2v) is 5.58. The number of benzene rings is 1. The van der Waals surface area contributed by atoms with Crippen molar-refractivity contribution < 1.29 is 0 Å². The molecule has 88 valence electrons. The summed E-state index contributed by atoms with van der Waals surface area (Å²) in [5.74, 6) is 0.729. The maximum Gasteiger partial charge on any atom is 0.123 e. The molecule has 0 saturated heterocycles. The molecule has 1 heterocycles. The van der Waals surface area contributed by atoms with Crippen LogP contribution in [0.15, 0.2) is 30.3 Å². The smallest absolute Gasteiger partial charge is 0.123 e. The largest absolute Gasteiger partial charge is 0.315 e. The summed E-state index contributed by atoms with van der Waals surface area (Å²) >= 11 is 1.83. The van der Waals surface area contributed by atoms with Gasteiger partial charge in [-0.3, -0.25) is 0 Å². The Labute approximate surface area is 106 Å². The fourth-order valence-corrected chi connectivity index (χ4v) is 3.20. The van der Waals surface area contributed by atoms with Crippen LogP contribution < -0.4 is 5.32 Å². The highest BCUT2D eigenvalue weighted by Gasteiger charge is 2.29. The predicted molar refractivity (Wildman–Crippen MR) is 72.3 cm³/mol. The summed E-state index contributed by atoms with van der Waals surface area (Å²) in [4.78, 5) is 6.25. The number of nitrogens with one attached hydrogen (secondary N) is 1. The van der Waals surface area contributed by atoms with Gasteiger partial charge in [-0.05, 0) is 19.9 Å². The van der Waals surface area contributed by atoms with Crippen molar-refractivity contribution in [1.29, 1.82) is 0 Å². The van der Waals surface area contributed by atoms with Crippen LogP contribution in [0, 0.1) is 0 Å². The number of nitrogens with zero attached hydrogens (tertiary/aromatic N) is 1. The van der Waals surface area contributed by atoms with Crippen molar-refractivity contribution in [2.75, 3.05) is 7.05 Å². The van der Waals surface area contributed by atoms with Crippen LogP contribution in [0.5, 0.6) is 0 Å². The highest BCUT2D eigenvalue weighted by atomic mass is 32.1. The van der Waals surface area contributed by atoms with Gasteiger partial charge >= 0.3 is 0 Å². The molecular weight excluding hydrogens is 228 g/mol. The van der Waals surface area contributed by atoms with Gasteiger partial charge < -0.3 is 5.32 Å². The Bertz CT molecular complexity index is 500. The molecule has 1 N–H and O–H groups in total. The molecule has 0 bridgehead atoms. The maximum absolute atomic E-state index is 4.84. The average molecular weight is 244 g/mol. The Hall–Kier alpha value is -1.19. The lowest BCUT2D eigenvalue weighted by Gasteiger charge is -1.97. The first-order chi connectivity index (χ1) is 8.38. The lowest BCUT2D eigenvalue weighted by Crippen LogP contribution is -2.05. The maximum atomic E-state index is 4.84. The van der Waals surface area contributed by atoms with Crippen molar-refractivity contribution in [3.63, 3.8) is 0 Å². The van der Waals surface area contributed by atoms with Crippen LogP contribution in [0.3, 0.4) is 0 Å². The Morgan fingerprint density at radius 2 is 2.06 bits per heavy atom. The average Bonchev–Trinajstić information content (AvgIpc) is 3.13. The van der Waals surface area contributed by atoms with E-state index in [1.54, 1.807) is 0 Å². The molecule has 1 aliphatic rings. The molecule has 0 unspecified atom stereocenters. The molecule has 17 heavy (non-hydrogen) atoms. The predicted octanol–water partition coefficient (Wildman–Crippen LogP) is 3.41. The minimum atomic E-state index is 0.729. The molecule has 0 spiro atoms. The van der Waals surface area contributed by atoms with E-state index in [1.807, 2.05) is 24.5 Å². The summed E-state index contributed by atoms with van der Waals surface area (Å²) in [6.07, 6.45) is 2.63. The Morgan fingerprint density at radius 3 is 2.71 bits per heavy atom. The molecule has 0 amide bonds. The second-order valence-electron chi connectivity index (χ2n) is 4.50. The molecule has 1 saturated carbocycles. The zero-order valence-corrected chi connectivity index (χ0v) is 10.8. The number of hydrogen-bond donors (Lipinski definition) is 1. The van der Waals surface area contributed by atoms with Crippen LogP contribution in [-0.2, 0) is 6.54 Å². The molecule has 3 rings (SSSR count). The number of hydrogen-bond acceptors (Lipinski definition) is 3. The van der Waals surface area contributed by atoms with Gasteiger partial charge in [0.05, 0.1) is 5.69 Å². The van der Waals surface area contributed by atoms with E-state index < -0.39 is 0 Å². The molecular formula is C14H16N2S. The summed E-state index contributed by atoms with van der Waals surface area (Å²) in [5, 5.41) is 4.41. The lowest BCUT2D eigenvalue weighted by molar-refractivity contribution is 0.813. The zero-order chi connectivity index (χ0) is 11.7. The minimum Gasteiger partial charge on any atom is -0.315 e. The third-order valence-corrected chi connectivity index (χ3v) is 4.17. The van der Waals surface area contributed by atoms with Gasteiger partial charge in [0.1, 0.15) is 5.01 Å². The summed E-state index contributed by atoms with van der Waals surface area (Å²) < 4.78 is 0. The molecule has 1 aliphatic carbocycles. The van der Waals surface area contributed by atoms with E-state index in [2.05, 4.69) is 29.6 Å². The molecule has 1 fully saturated rings. The van der Waals surface area contributed by atoms with Crippen LogP contribution in [0.25, 0.3) is 10.6 Å². The van der Waals surface area contributed by atoms with E-state index >= 15 is 0 Å². The van der Waals surface area contributed by atoms with Gasteiger partial charge in [-0.1, -0.05) is 30.3 Å². The van der Waals surface area contributed by atoms with Gasteiger partial charge in [0.15, 0.2) is 0 Å². The molecule has 0 radical (unpaired) electrons. The molecule has 2 aromatic rings. The third-order valence-electron chi connectivity index (χ3n) is 3.05. The quantitative estimate of drug-likeness (QED) is 0.891. The summed E-state index contributed by atoms with van der Waals surface area (Å²) in [6.45, 7) is 0.941. The van der Waals surface area contributed by atoms with Gasteiger partial charge in [0, 0.05) is 22.9 Å². The van der Waals surface area contributed by atoms with Crippen molar-refractivity contribution in [1.82, 2.24) is 10.3 Å². The molecule has 3 heteroatoms. The van der Waals surface area contributed by atoms with Crippen LogP contribution in [0.4, 0.5) is 0 Å². The van der Waals surface area contributed by atoms with E-state index in [0.29, 0.717) is 0 Å². The van der Waals surface area contributed by atoms with Gasteiger partial charge in [-0.15, -0.1) is 11.3 Å². The first-order valence-corrected chi connectivity index (χ1v) is 6.89. The fraction of sp³-hybridized carbons (Fsp3) is 0.357. The Morgan fingerprint density at radius 1 is 1.29 bits per heavy atom. The van der Waals surface area contributed by atoms with E-state index in [4.69, 9.17) is 4.98 Å². The van der Waals surface area contributed by atoms with Gasteiger partial charge in [0.25, 0.3) is 0 Å². The SMILES string of the molecule is CNCc1sc(-c2ccccc2)nc1C1CC1. The van der Waals surface area contributed by atoms with Gasteiger partial charge in [-0.2, -0.15) is 0 Å². The zero-order valence-electron chi connectivity index (χ0n) is 9.94. The van der Waals surface area contributed by atoms with E-state index in [9.17, 15) is 0 Å². The lowest BCUT2D eigenvalue weighted by atomic mass is 10.2. The third kappa shape index (κ3) is 2.26. The van der Waals surface area contributed by atoms with Crippen LogP contribution in [0.1, 0.15) is 29.3 Å². The van der Waals surface area contributed by atoms with Crippen LogP contribution >= 0.6 is 11.3 Å². The van der Waals surface area contributed by atoms with E-state index in [0.717, 1.165) is 17.5 Å². The number of thiazole rings is 1. The Kier molecular flexibility index (Phi) is 2.95. The first kappa shape index (κ1) is 10.9. The van der Waals surface area contributed by atoms with Crippen molar-refractivity contribution in [3.05, 3.63) is 40.9 Å². The fourth-order valence-electron chi connectivity index (χ4n) is 2.03. The minimum absolute atomic E-state index is 0.729. The molecule has 1 aromatic carbocycles. The van der Waals surface area contributed by atoms with E-state index in [1.165, 1.54) is 29.0 Å². The van der Waals surface area contributed by atoms with Crippen molar-refractivity contribution in [2.45, 2.75) is 25.3 Å². The first-order valence-electron chi connectivity index (χ1n) is 6.08. The standard InChI is InChI=1S/C14H16N2S/c1-15-9-12-13(10-7-8-10)16-14(17-12)11-5-3-2-4-6-11/h2-6,10,15H,7-9H2,1H3. The molecule has 2 nitrogen and oxygen atoms in total. The van der Waals surface area contributed by atoms with E-state index in [-0.39, 0.29) is 0 Å². The number of rotatable bonds is 4. The molecule has 0 atom stereocenters. The van der Waals surface area contributed by atoms with Crippen LogP contribution in [-0.4, -0.2) is 12.0 Å². The van der Waals surface area contributed by atoms with Crippen molar-refractivity contribution in [2.24, 2.45) is 0 Å². The van der Waals surface area contributed by atoms with Gasteiger partial charge in [-0.25, -0.2) is 4.98 Å². The van der Waals surface area contributed by atoms with Crippen molar-refractivity contribution >= 4 is 11.3 Å². The topological polar surface area (TPSA) is 24.9 Å². The normalized spacial score (nSPS) is 15.1. The summed E-state index contributed by atoms with van der Waals surface area (Å²) in [6, 6.07) is 10.5. The molecule has 0 aliphatic heterocycles.